The van der Waals surface area contributed by atoms with Gasteiger partial charge in [-0.15, -0.1) is 0 Å². The van der Waals surface area contributed by atoms with Crippen LogP contribution in [0.3, 0.4) is 0 Å². The molecule has 3 aromatic rings. The molecular weight excluding hydrogens is 308 g/mol. The summed E-state index contributed by atoms with van der Waals surface area (Å²) in [5, 5.41) is 0. The summed E-state index contributed by atoms with van der Waals surface area (Å²) < 4.78 is 5.71. The predicted octanol–water partition coefficient (Wildman–Crippen LogP) is 5.25. The molecule has 0 aliphatic heterocycles. The average molecular weight is 330 g/mol. The van der Waals surface area contributed by atoms with Crippen LogP contribution in [-0.4, -0.2) is 12.9 Å². The molecule has 126 valence electrons. The molecule has 0 spiro atoms. The SMILES string of the molecule is COc1c(C(=O)c2ccccc2)cccc1C(C)(C)c1ccccc1. The maximum Gasteiger partial charge on any atom is 0.196 e. The third kappa shape index (κ3) is 3.20. The molecule has 0 aliphatic rings. The second-order valence-corrected chi connectivity index (χ2v) is 6.57. The molecule has 0 fully saturated rings. The molecule has 0 saturated carbocycles. The molecule has 0 heterocycles. The molecule has 0 N–H and O–H groups in total. The predicted molar refractivity (Wildman–Crippen MR) is 101 cm³/mol. The van der Waals surface area contributed by atoms with Gasteiger partial charge in [-0.05, 0) is 11.6 Å². The van der Waals surface area contributed by atoms with Crippen molar-refractivity contribution in [2.24, 2.45) is 0 Å². The highest BCUT2D eigenvalue weighted by Gasteiger charge is 2.29. The van der Waals surface area contributed by atoms with Crippen LogP contribution in [0.1, 0.15) is 40.9 Å². The summed E-state index contributed by atoms with van der Waals surface area (Å²) in [5.74, 6) is 0.619. The molecule has 0 unspecified atom stereocenters. The molecule has 2 heteroatoms. The van der Waals surface area contributed by atoms with E-state index in [-0.39, 0.29) is 11.2 Å². The Labute approximate surface area is 149 Å². The van der Waals surface area contributed by atoms with Gasteiger partial charge < -0.3 is 4.74 Å². The van der Waals surface area contributed by atoms with Crippen molar-refractivity contribution in [1.29, 1.82) is 0 Å². The van der Waals surface area contributed by atoms with Gasteiger partial charge in [0.05, 0.1) is 12.7 Å². The number of methoxy groups -OCH3 is 1. The molecule has 0 aliphatic carbocycles. The minimum Gasteiger partial charge on any atom is -0.496 e. The van der Waals surface area contributed by atoms with Gasteiger partial charge in [-0.2, -0.15) is 0 Å². The molecule has 0 atom stereocenters. The Kier molecular flexibility index (Phi) is 4.71. The van der Waals surface area contributed by atoms with Gasteiger partial charge in [0.15, 0.2) is 5.78 Å². The van der Waals surface area contributed by atoms with E-state index in [0.29, 0.717) is 16.9 Å². The first-order chi connectivity index (χ1) is 12.1. The summed E-state index contributed by atoms with van der Waals surface area (Å²) in [5.41, 5.74) is 3.16. The van der Waals surface area contributed by atoms with Crippen molar-refractivity contribution in [3.63, 3.8) is 0 Å². The summed E-state index contributed by atoms with van der Waals surface area (Å²) in [6, 6.07) is 25.4. The van der Waals surface area contributed by atoms with Crippen LogP contribution in [0.5, 0.6) is 5.75 Å². The van der Waals surface area contributed by atoms with Crippen LogP contribution in [0.25, 0.3) is 0 Å². The number of hydrogen-bond acceptors (Lipinski definition) is 2. The van der Waals surface area contributed by atoms with E-state index in [1.807, 2.05) is 66.7 Å². The summed E-state index contributed by atoms with van der Waals surface area (Å²) in [4.78, 5) is 13.0. The lowest BCUT2D eigenvalue weighted by Gasteiger charge is -2.28. The topological polar surface area (TPSA) is 26.3 Å². The third-order valence-electron chi connectivity index (χ3n) is 4.67. The zero-order valence-electron chi connectivity index (χ0n) is 14.8. The first-order valence-corrected chi connectivity index (χ1v) is 8.38. The highest BCUT2D eigenvalue weighted by atomic mass is 16.5. The number of carbonyl (C=O) groups excluding carboxylic acids is 1. The van der Waals surface area contributed by atoms with Gasteiger partial charge >= 0.3 is 0 Å². The van der Waals surface area contributed by atoms with Crippen LogP contribution in [0.4, 0.5) is 0 Å². The van der Waals surface area contributed by atoms with Gasteiger partial charge in [-0.25, -0.2) is 0 Å². The maximum absolute atomic E-state index is 13.0. The molecule has 0 saturated heterocycles. The van der Waals surface area contributed by atoms with Gasteiger partial charge in [0.1, 0.15) is 5.75 Å². The third-order valence-corrected chi connectivity index (χ3v) is 4.67. The molecule has 3 aromatic carbocycles. The Morgan fingerprint density at radius 1 is 0.800 bits per heavy atom. The number of hydrogen-bond donors (Lipinski definition) is 0. The molecule has 25 heavy (non-hydrogen) atoms. The largest absolute Gasteiger partial charge is 0.496 e. The summed E-state index contributed by atoms with van der Waals surface area (Å²) in [6.45, 7) is 4.30. The van der Waals surface area contributed by atoms with Crippen molar-refractivity contribution < 1.29 is 9.53 Å². The second kappa shape index (κ2) is 6.94. The normalized spacial score (nSPS) is 11.2. The Balaban J connectivity index is 2.13. The van der Waals surface area contributed by atoms with Crippen LogP contribution in [0.2, 0.25) is 0 Å². The van der Waals surface area contributed by atoms with Crippen molar-refractivity contribution in [1.82, 2.24) is 0 Å². The molecule has 0 aromatic heterocycles. The number of benzene rings is 3. The summed E-state index contributed by atoms with van der Waals surface area (Å²) in [7, 11) is 1.63. The molecule has 2 nitrogen and oxygen atoms in total. The van der Waals surface area contributed by atoms with Gasteiger partial charge in [-0.3, -0.25) is 4.79 Å². The first kappa shape index (κ1) is 17.0. The maximum atomic E-state index is 13.0. The number of para-hydroxylation sites is 1. The van der Waals surface area contributed by atoms with Gasteiger partial charge in [-0.1, -0.05) is 86.6 Å². The Morgan fingerprint density at radius 3 is 2.00 bits per heavy atom. The minimum absolute atomic E-state index is 0.0249. The van der Waals surface area contributed by atoms with E-state index >= 15 is 0 Å². The smallest absolute Gasteiger partial charge is 0.196 e. The van der Waals surface area contributed by atoms with Crippen molar-refractivity contribution in [2.45, 2.75) is 19.3 Å². The van der Waals surface area contributed by atoms with Crippen molar-refractivity contribution in [3.05, 3.63) is 101 Å². The fraction of sp³-hybridized carbons (Fsp3) is 0.174. The van der Waals surface area contributed by atoms with Crippen LogP contribution < -0.4 is 4.74 Å². The van der Waals surface area contributed by atoms with Crippen LogP contribution in [-0.2, 0) is 5.41 Å². The van der Waals surface area contributed by atoms with Gasteiger partial charge in [0, 0.05) is 16.5 Å². The molecule has 0 bridgehead atoms. The number of ketones is 1. The molecule has 0 amide bonds. The lowest BCUT2D eigenvalue weighted by molar-refractivity contribution is 0.103. The van der Waals surface area contributed by atoms with Crippen molar-refractivity contribution in [2.75, 3.05) is 7.11 Å². The number of rotatable bonds is 5. The number of ether oxygens (including phenoxy) is 1. The highest BCUT2D eigenvalue weighted by molar-refractivity contribution is 6.11. The Bertz CT molecular complexity index is 865. The average Bonchev–Trinajstić information content (AvgIpc) is 2.68. The van der Waals surface area contributed by atoms with E-state index in [2.05, 4.69) is 26.0 Å². The van der Waals surface area contributed by atoms with E-state index in [1.165, 1.54) is 5.56 Å². The second-order valence-electron chi connectivity index (χ2n) is 6.57. The van der Waals surface area contributed by atoms with Crippen LogP contribution in [0.15, 0.2) is 78.9 Å². The summed E-state index contributed by atoms with van der Waals surface area (Å²) in [6.07, 6.45) is 0. The van der Waals surface area contributed by atoms with Crippen LogP contribution in [0, 0.1) is 0 Å². The molecular formula is C23H22O2. The highest BCUT2D eigenvalue weighted by Crippen LogP contribution is 2.39. The van der Waals surface area contributed by atoms with E-state index in [4.69, 9.17) is 4.74 Å². The van der Waals surface area contributed by atoms with E-state index in [9.17, 15) is 4.79 Å². The van der Waals surface area contributed by atoms with E-state index in [0.717, 1.165) is 5.56 Å². The quantitative estimate of drug-likeness (QED) is 0.597. The monoisotopic (exact) mass is 330 g/mol. The number of carbonyl (C=O) groups is 1. The fourth-order valence-electron chi connectivity index (χ4n) is 3.18. The van der Waals surface area contributed by atoms with Crippen molar-refractivity contribution in [3.8, 4) is 5.75 Å². The van der Waals surface area contributed by atoms with Crippen LogP contribution >= 0.6 is 0 Å². The zero-order valence-corrected chi connectivity index (χ0v) is 14.8. The fourth-order valence-corrected chi connectivity index (χ4v) is 3.18. The lowest BCUT2D eigenvalue weighted by Crippen LogP contribution is -2.21. The molecule has 3 rings (SSSR count). The molecule has 0 radical (unpaired) electrons. The lowest BCUT2D eigenvalue weighted by atomic mass is 9.76. The Hall–Kier alpha value is -2.87. The Morgan fingerprint density at radius 2 is 1.40 bits per heavy atom. The van der Waals surface area contributed by atoms with Gasteiger partial charge in [0.25, 0.3) is 0 Å². The van der Waals surface area contributed by atoms with Gasteiger partial charge in [0.2, 0.25) is 0 Å². The minimum atomic E-state index is -0.278. The zero-order chi connectivity index (χ0) is 17.9. The first-order valence-electron chi connectivity index (χ1n) is 8.38. The van der Waals surface area contributed by atoms with E-state index < -0.39 is 0 Å². The standard InChI is InChI=1S/C23H22O2/c1-23(2,18-13-8-5-9-14-18)20-16-10-15-19(22(20)25-3)21(24)17-11-6-4-7-12-17/h4-16H,1-3H3. The van der Waals surface area contributed by atoms with E-state index in [1.54, 1.807) is 7.11 Å². The summed E-state index contributed by atoms with van der Waals surface area (Å²) >= 11 is 0. The van der Waals surface area contributed by atoms with Crippen molar-refractivity contribution >= 4 is 5.78 Å².